The molecular weight excluding hydrogens is 350 g/mol. The van der Waals surface area contributed by atoms with Gasteiger partial charge in [-0.05, 0) is 55.7 Å². The predicted octanol–water partition coefficient (Wildman–Crippen LogP) is 3.31. The molecule has 0 fully saturated rings. The number of nitrogens with zero attached hydrogens (tertiary/aromatic N) is 1. The van der Waals surface area contributed by atoms with E-state index in [1.54, 1.807) is 6.07 Å². The Kier molecular flexibility index (Phi) is 5.27. The molecule has 6 nitrogen and oxygen atoms in total. The number of hydrazine groups is 1. The Balaban J connectivity index is 1.64. The molecule has 0 saturated carbocycles. The van der Waals surface area contributed by atoms with E-state index in [1.807, 2.05) is 19.9 Å². The fourth-order valence-electron chi connectivity index (χ4n) is 2.53. The van der Waals surface area contributed by atoms with Crippen molar-refractivity contribution in [3.8, 4) is 0 Å². The van der Waals surface area contributed by atoms with Crippen LogP contribution in [-0.4, -0.2) is 22.6 Å². The molecule has 1 aromatic carbocycles. The third kappa shape index (κ3) is 3.88. The number of furan rings is 1. The van der Waals surface area contributed by atoms with Crippen molar-refractivity contribution in [2.45, 2.75) is 25.8 Å². The minimum Gasteiger partial charge on any atom is -0.459 e. The quantitative estimate of drug-likeness (QED) is 0.544. The highest BCUT2D eigenvalue weighted by Gasteiger charge is 2.12. The van der Waals surface area contributed by atoms with Crippen LogP contribution in [-0.2, 0) is 4.79 Å². The van der Waals surface area contributed by atoms with E-state index in [4.69, 9.17) is 9.40 Å². The maximum atomic E-state index is 12.0. The number of pyridine rings is 1. The Hall–Kier alpha value is -2.80. The number of carbonyl (C=O) groups excluding carboxylic acids is 2. The fraction of sp³-hybridized carbons (Fsp3) is 0.211. The van der Waals surface area contributed by atoms with Crippen molar-refractivity contribution in [1.82, 2.24) is 15.8 Å². The average molecular weight is 369 g/mol. The molecule has 0 spiro atoms. The summed E-state index contributed by atoms with van der Waals surface area (Å²) in [5, 5.41) is 1.93. The monoisotopic (exact) mass is 369 g/mol. The first kappa shape index (κ1) is 18.0. The van der Waals surface area contributed by atoms with Crippen molar-refractivity contribution < 1.29 is 14.0 Å². The molecular formula is C19H19N3O3S. The lowest BCUT2D eigenvalue weighted by atomic mass is 10.0. The third-order valence-corrected chi connectivity index (χ3v) is 5.04. The molecule has 0 radical (unpaired) electrons. The van der Waals surface area contributed by atoms with Crippen molar-refractivity contribution in [2.75, 3.05) is 5.75 Å². The van der Waals surface area contributed by atoms with Crippen molar-refractivity contribution in [3.63, 3.8) is 0 Å². The molecule has 2 aromatic heterocycles. The first-order valence-electron chi connectivity index (χ1n) is 8.09. The number of amides is 2. The number of hydrogen-bond donors (Lipinski definition) is 2. The fourth-order valence-corrected chi connectivity index (χ4v) is 3.31. The molecule has 0 aliphatic heterocycles. The summed E-state index contributed by atoms with van der Waals surface area (Å²) >= 11 is 1.34. The maximum absolute atomic E-state index is 12.0. The Labute approximate surface area is 155 Å². The number of rotatable bonds is 4. The Morgan fingerprint density at radius 1 is 1.08 bits per heavy atom. The van der Waals surface area contributed by atoms with E-state index in [0.717, 1.165) is 27.1 Å². The number of benzene rings is 1. The summed E-state index contributed by atoms with van der Waals surface area (Å²) in [5.74, 6) is -0.546. The molecule has 7 heteroatoms. The molecule has 0 unspecified atom stereocenters. The number of nitrogens with one attached hydrogen (secondary N) is 2. The summed E-state index contributed by atoms with van der Waals surface area (Å²) in [6, 6.07) is 9.35. The minimum atomic E-state index is -0.500. The highest BCUT2D eigenvalue weighted by atomic mass is 32.2. The summed E-state index contributed by atoms with van der Waals surface area (Å²) in [7, 11) is 0. The van der Waals surface area contributed by atoms with E-state index >= 15 is 0 Å². The van der Waals surface area contributed by atoms with Gasteiger partial charge < -0.3 is 4.42 Å². The molecule has 2 N–H and O–H groups in total. The number of aryl methyl sites for hydroxylation is 3. The number of thioether (sulfide) groups is 1. The lowest BCUT2D eigenvalue weighted by Gasteiger charge is -2.11. The zero-order valence-corrected chi connectivity index (χ0v) is 15.6. The highest BCUT2D eigenvalue weighted by molar-refractivity contribution is 7.99. The molecule has 0 saturated heterocycles. The normalized spacial score (nSPS) is 10.7. The van der Waals surface area contributed by atoms with Gasteiger partial charge in [-0.15, -0.1) is 0 Å². The largest absolute Gasteiger partial charge is 0.459 e. The minimum absolute atomic E-state index is 0.135. The van der Waals surface area contributed by atoms with Crippen molar-refractivity contribution in [3.05, 3.63) is 59.0 Å². The van der Waals surface area contributed by atoms with Crippen molar-refractivity contribution >= 4 is 34.5 Å². The van der Waals surface area contributed by atoms with Crippen LogP contribution >= 0.6 is 11.8 Å². The standard InChI is InChI=1S/C19H19N3O3S/c1-11-6-7-12(2)17-14(11)9-13(3)19(20-17)26-10-16(23)21-22-18(24)15-5-4-8-25-15/h4-9H,10H2,1-3H3,(H,21,23)(H,22,24). The molecule has 3 rings (SSSR count). The van der Waals surface area contributed by atoms with Crippen LogP contribution in [0.4, 0.5) is 0 Å². The van der Waals surface area contributed by atoms with Crippen LogP contribution in [0.5, 0.6) is 0 Å². The van der Waals surface area contributed by atoms with E-state index in [1.165, 1.54) is 29.7 Å². The Morgan fingerprint density at radius 2 is 1.85 bits per heavy atom. The summed E-state index contributed by atoms with van der Waals surface area (Å²) < 4.78 is 4.96. The lowest BCUT2D eigenvalue weighted by Crippen LogP contribution is -2.42. The van der Waals surface area contributed by atoms with Gasteiger partial charge in [-0.25, -0.2) is 4.98 Å². The highest BCUT2D eigenvalue weighted by Crippen LogP contribution is 2.27. The van der Waals surface area contributed by atoms with Crippen LogP contribution < -0.4 is 10.9 Å². The Morgan fingerprint density at radius 3 is 2.58 bits per heavy atom. The van der Waals surface area contributed by atoms with Gasteiger partial charge in [0.25, 0.3) is 0 Å². The summed E-state index contributed by atoms with van der Waals surface area (Å²) in [4.78, 5) is 28.4. The first-order valence-corrected chi connectivity index (χ1v) is 9.07. The van der Waals surface area contributed by atoms with Gasteiger partial charge in [0.15, 0.2) is 5.76 Å². The molecule has 0 bridgehead atoms. The second-order valence-electron chi connectivity index (χ2n) is 5.97. The molecule has 2 heterocycles. The van der Waals surface area contributed by atoms with Gasteiger partial charge in [-0.2, -0.15) is 0 Å². The SMILES string of the molecule is Cc1cc2c(C)ccc(C)c2nc1SCC(=O)NNC(=O)c1ccco1. The summed E-state index contributed by atoms with van der Waals surface area (Å²) in [6.07, 6.45) is 1.39. The topological polar surface area (TPSA) is 84.2 Å². The molecule has 0 atom stereocenters. The van der Waals surface area contributed by atoms with Gasteiger partial charge in [0.05, 0.1) is 17.5 Å². The van der Waals surface area contributed by atoms with Gasteiger partial charge in [0.1, 0.15) is 5.03 Å². The van der Waals surface area contributed by atoms with Crippen LogP contribution in [0.3, 0.4) is 0 Å². The summed E-state index contributed by atoms with van der Waals surface area (Å²) in [5.41, 5.74) is 8.93. The zero-order valence-electron chi connectivity index (χ0n) is 14.8. The van der Waals surface area contributed by atoms with E-state index < -0.39 is 5.91 Å². The molecule has 2 amide bonds. The number of hydrogen-bond acceptors (Lipinski definition) is 5. The van der Waals surface area contributed by atoms with Crippen LogP contribution in [0.2, 0.25) is 0 Å². The first-order chi connectivity index (χ1) is 12.5. The van der Waals surface area contributed by atoms with Gasteiger partial charge in [0.2, 0.25) is 5.91 Å². The molecule has 134 valence electrons. The maximum Gasteiger partial charge on any atom is 0.305 e. The average Bonchev–Trinajstić information content (AvgIpc) is 3.16. The number of aromatic nitrogens is 1. The third-order valence-electron chi connectivity index (χ3n) is 3.95. The Bertz CT molecular complexity index is 968. The van der Waals surface area contributed by atoms with E-state index in [2.05, 4.69) is 29.9 Å². The molecule has 3 aromatic rings. The molecule has 0 aliphatic carbocycles. The van der Waals surface area contributed by atoms with Crippen LogP contribution in [0.15, 0.2) is 46.0 Å². The number of fused-ring (bicyclic) bond motifs is 1. The lowest BCUT2D eigenvalue weighted by molar-refractivity contribution is -0.119. The second-order valence-corrected chi connectivity index (χ2v) is 6.94. The van der Waals surface area contributed by atoms with E-state index in [-0.39, 0.29) is 17.4 Å². The summed E-state index contributed by atoms with van der Waals surface area (Å²) in [6.45, 7) is 6.06. The van der Waals surface area contributed by atoms with Crippen LogP contribution in [0.25, 0.3) is 10.9 Å². The predicted molar refractivity (Wildman–Crippen MR) is 101 cm³/mol. The van der Waals surface area contributed by atoms with Crippen molar-refractivity contribution in [2.24, 2.45) is 0 Å². The molecule has 0 aliphatic rings. The van der Waals surface area contributed by atoms with Crippen molar-refractivity contribution in [1.29, 1.82) is 0 Å². The molecule has 26 heavy (non-hydrogen) atoms. The van der Waals surface area contributed by atoms with Gasteiger partial charge >= 0.3 is 5.91 Å². The van der Waals surface area contributed by atoms with E-state index in [0.29, 0.717) is 0 Å². The number of carbonyl (C=O) groups is 2. The smallest absolute Gasteiger partial charge is 0.305 e. The van der Waals surface area contributed by atoms with Crippen LogP contribution in [0, 0.1) is 20.8 Å². The second kappa shape index (κ2) is 7.61. The van der Waals surface area contributed by atoms with E-state index in [9.17, 15) is 9.59 Å². The zero-order chi connectivity index (χ0) is 18.7. The van der Waals surface area contributed by atoms with Gasteiger partial charge in [0, 0.05) is 5.39 Å². The van der Waals surface area contributed by atoms with Crippen LogP contribution in [0.1, 0.15) is 27.2 Å². The van der Waals surface area contributed by atoms with Gasteiger partial charge in [-0.1, -0.05) is 23.9 Å². The van der Waals surface area contributed by atoms with Gasteiger partial charge in [-0.3, -0.25) is 20.4 Å².